The molecule has 0 radical (unpaired) electrons. The van der Waals surface area contributed by atoms with Crippen LogP contribution in [-0.2, 0) is 51.4 Å². The molecule has 32 nitrogen and oxygen atoms in total. The number of H-pyrrole nitrogens is 2. The first-order valence-electron chi connectivity index (χ1n) is 29.8. The zero-order valence-corrected chi connectivity index (χ0v) is 57.5. The number of amides is 1. The number of aliphatic hydroxyl groups excluding tert-OH is 2. The molecule has 99 heavy (non-hydrogen) atoms. The minimum Gasteiger partial charge on any atom is -0.497 e. The minimum absolute atomic E-state index is 0.00297. The van der Waals surface area contributed by atoms with Gasteiger partial charge in [-0.3, -0.25) is 51.9 Å². The number of aliphatic hydroxyl groups is 4. The Balaban J connectivity index is 0.000000183. The number of benzene rings is 4. The number of methoxy groups -OCH3 is 1. The maximum Gasteiger partial charge on any atom is 0.750 e. The summed E-state index contributed by atoms with van der Waals surface area (Å²) < 4.78 is 102. The van der Waals surface area contributed by atoms with Gasteiger partial charge in [-0.15, -0.1) is 4.52 Å². The van der Waals surface area contributed by atoms with Crippen LogP contribution < -0.4 is 51.8 Å². The van der Waals surface area contributed by atoms with Crippen molar-refractivity contribution in [2.75, 3.05) is 38.9 Å². The summed E-state index contributed by atoms with van der Waals surface area (Å²) in [6.45, 7) is 3.01. The van der Waals surface area contributed by atoms with Gasteiger partial charge in [-0.1, -0.05) is 71.2 Å². The monoisotopic (exact) mass is 1490 g/mol. The Bertz CT molecular complexity index is 4270. The number of esters is 1. The average molecular weight is 1490 g/mol. The van der Waals surface area contributed by atoms with E-state index in [1.54, 1.807) is 66.7 Å². The molecular formula is C61H64Cl3N7O25P3+3. The Hall–Kier alpha value is -7.97. The molecule has 0 aliphatic carbocycles. The first kappa shape index (κ1) is 75.2. The Kier molecular flexibility index (Phi) is 25.4. The molecule has 0 bridgehead atoms. The van der Waals surface area contributed by atoms with E-state index in [1.807, 2.05) is 0 Å². The largest absolute Gasteiger partial charge is 0.750 e. The normalized spacial score (nSPS) is 24.3. The molecule has 4 fully saturated rings. The van der Waals surface area contributed by atoms with E-state index in [4.69, 9.17) is 86.1 Å². The lowest BCUT2D eigenvalue weighted by Gasteiger charge is -2.26. The van der Waals surface area contributed by atoms with Crippen molar-refractivity contribution in [3.63, 3.8) is 0 Å². The number of ether oxygens (including phenoxy) is 7. The number of hydrogen-bond acceptors (Lipinski definition) is 26. The van der Waals surface area contributed by atoms with Gasteiger partial charge in [0.05, 0.1) is 48.2 Å². The maximum atomic E-state index is 13.2. The van der Waals surface area contributed by atoms with Crippen LogP contribution in [0.3, 0.4) is 0 Å². The second-order valence-corrected chi connectivity index (χ2v) is 27.2. The number of nitrogens with one attached hydrogen (secondary N) is 3. The van der Waals surface area contributed by atoms with Crippen molar-refractivity contribution in [1.82, 2.24) is 28.7 Å². The highest BCUT2D eigenvalue weighted by atomic mass is 35.5. The lowest BCUT2D eigenvalue weighted by atomic mass is 10.1. The minimum atomic E-state index is -2.79. The second kappa shape index (κ2) is 33.5. The number of halogens is 3. The van der Waals surface area contributed by atoms with Crippen LogP contribution in [0, 0.1) is 13.8 Å². The standard InChI is InChI=1S/C29H29ClN3O11P.2C16H16ClN2O7P/c1-17(34)41-25-22(16-40-45(37)44-21-7-4-3-6-20(21)30)42-28(26(25)43-24-8-5-15-39-24)33-14-13-23(32-29(33)36)31-27(35)18-9-11-19(38-2)12-10-18;2*1-9-7-19(15(22)18-14(9)21)13-6-16(23,12(8-20)25-13)27(24)26-11-5-3-2-4-10(11)17/h3-4,6-7,9-14,22,24-26,28H,5,8,15-16H2,1-2H3;2*2-5,7,12-13,20,23H,6,8H2,1H3/p+3/t22-,24?,25-,26-,28-;2*12-,13-,16-/m111/s1. The molecule has 4 aliphatic heterocycles. The topological polar surface area (TPSA) is 424 Å². The van der Waals surface area contributed by atoms with E-state index in [0.29, 0.717) is 24.3 Å². The lowest BCUT2D eigenvalue weighted by molar-refractivity contribution is -0.191. The number of rotatable bonds is 22. The molecule has 4 aromatic carbocycles. The average Bonchev–Trinajstić information content (AvgIpc) is 1.64. The van der Waals surface area contributed by atoms with Crippen molar-refractivity contribution in [2.45, 2.75) is 113 Å². The first-order chi connectivity index (χ1) is 47.2. The fraction of sp³-hybridized carbons (Fsp3) is 0.377. The summed E-state index contributed by atoms with van der Waals surface area (Å²) in [5, 5.41) is 40.0. The molecule has 0 spiro atoms. The fourth-order valence-corrected chi connectivity index (χ4v) is 14.0. The van der Waals surface area contributed by atoms with Crippen LogP contribution in [0.4, 0.5) is 5.82 Å². The highest BCUT2D eigenvalue weighted by molar-refractivity contribution is 7.41. The van der Waals surface area contributed by atoms with Crippen molar-refractivity contribution in [1.29, 1.82) is 0 Å². The van der Waals surface area contributed by atoms with Crippen LogP contribution in [0.25, 0.3) is 0 Å². The van der Waals surface area contributed by atoms with E-state index in [-0.39, 0.29) is 68.7 Å². The number of aromatic amines is 2. The quantitative estimate of drug-likeness (QED) is 0.0270. The number of carbonyl (C=O) groups excluding carboxylic acids is 2. The summed E-state index contributed by atoms with van der Waals surface area (Å²) in [5.41, 5.74) is -2.54. The van der Waals surface area contributed by atoms with Gasteiger partial charge in [0.2, 0.25) is 17.2 Å². The summed E-state index contributed by atoms with van der Waals surface area (Å²) in [5.74, 6) is -0.195. The van der Waals surface area contributed by atoms with Gasteiger partial charge in [0.15, 0.2) is 30.8 Å². The van der Waals surface area contributed by atoms with Gasteiger partial charge in [-0.2, -0.15) is 4.98 Å². The van der Waals surface area contributed by atoms with Crippen molar-refractivity contribution in [3.05, 3.63) is 206 Å². The van der Waals surface area contributed by atoms with E-state index in [0.717, 1.165) is 20.1 Å². The van der Waals surface area contributed by atoms with Gasteiger partial charge >= 0.3 is 58.0 Å². The molecule has 4 aliphatic rings. The maximum absolute atomic E-state index is 13.2. The van der Waals surface area contributed by atoms with E-state index < -0.39 is 144 Å². The van der Waals surface area contributed by atoms with Gasteiger partial charge < -0.3 is 58.9 Å². The van der Waals surface area contributed by atoms with Gasteiger partial charge in [-0.25, -0.2) is 18.9 Å². The number of aromatic nitrogens is 6. The van der Waals surface area contributed by atoms with Crippen molar-refractivity contribution >= 4 is 76.8 Å². The van der Waals surface area contributed by atoms with E-state index in [9.17, 15) is 67.7 Å². The molecule has 14 atom stereocenters. The van der Waals surface area contributed by atoms with Crippen LogP contribution in [0.15, 0.2) is 146 Å². The van der Waals surface area contributed by atoms with Gasteiger partial charge in [0, 0.05) is 59.8 Å². The molecule has 7 heterocycles. The number of para-hydroxylation sites is 3. The van der Waals surface area contributed by atoms with Crippen LogP contribution in [-0.4, -0.2) is 142 Å². The first-order valence-corrected chi connectivity index (χ1v) is 34.4. The van der Waals surface area contributed by atoms with Crippen LogP contribution >= 0.6 is 59.1 Å². The Morgan fingerprint density at radius 1 is 0.687 bits per heavy atom. The molecule has 11 rings (SSSR count). The Morgan fingerprint density at radius 3 is 1.63 bits per heavy atom. The van der Waals surface area contributed by atoms with E-state index in [2.05, 4.69) is 20.3 Å². The molecule has 7 N–H and O–H groups in total. The Labute approximate surface area is 577 Å². The second-order valence-electron chi connectivity index (χ2n) is 22.1. The Morgan fingerprint density at radius 2 is 1.18 bits per heavy atom. The van der Waals surface area contributed by atoms with Crippen LogP contribution in [0.2, 0.25) is 15.1 Å². The van der Waals surface area contributed by atoms with Crippen LogP contribution in [0.1, 0.15) is 72.8 Å². The summed E-state index contributed by atoms with van der Waals surface area (Å²) in [4.78, 5) is 93.5. The zero-order valence-electron chi connectivity index (χ0n) is 52.5. The van der Waals surface area contributed by atoms with Crippen LogP contribution in [0.5, 0.6) is 23.0 Å². The summed E-state index contributed by atoms with van der Waals surface area (Å²) >= 11 is 18.0. The van der Waals surface area contributed by atoms with E-state index in [1.165, 1.54) is 82.9 Å². The highest BCUT2D eigenvalue weighted by Gasteiger charge is 2.66. The van der Waals surface area contributed by atoms with Gasteiger partial charge in [0.25, 0.3) is 17.0 Å². The molecular weight excluding hydrogens is 1430 g/mol. The number of carbonyl (C=O) groups is 2. The SMILES string of the molecule is COc1ccc(C(=O)Nc2ccn([C@@H]3O[C@H](CO[P+](=O)Oc4ccccc4Cl)[C@@H](OC(C)=O)[C@H]3OC3CCCO3)c(=O)n2)cc1.Cc1cn([C@H]2C[C@@](O)([P+](=O)Oc3ccccc3Cl)[C@@H](CO)O2)c(=O)[nH]c1=O.Cc1cn([C@H]2C[C@@](O)([P+](=O)Oc3ccccc3Cl)[C@@H](CO)O2)c(=O)[nH]c1=O. The number of hydrogen-bond donors (Lipinski definition) is 7. The molecule has 3 aromatic heterocycles. The smallest absolute Gasteiger partial charge is 0.497 e. The number of nitrogens with zero attached hydrogens (tertiary/aromatic N) is 4. The molecule has 4 unspecified atom stereocenters. The third-order valence-electron chi connectivity index (χ3n) is 15.4. The lowest BCUT2D eigenvalue weighted by Crippen LogP contribution is -2.42. The molecule has 38 heteroatoms. The van der Waals surface area contributed by atoms with E-state index >= 15 is 0 Å². The molecule has 4 saturated heterocycles. The van der Waals surface area contributed by atoms with Crippen molar-refractivity contribution < 1.29 is 95.0 Å². The predicted octanol–water partition coefficient (Wildman–Crippen LogP) is 6.84. The molecule has 7 aromatic rings. The van der Waals surface area contributed by atoms with Crippen molar-refractivity contribution in [3.8, 4) is 23.0 Å². The van der Waals surface area contributed by atoms with Gasteiger partial charge in [0.1, 0.15) is 42.8 Å². The molecule has 1 amide bonds. The number of anilines is 1. The third-order valence-corrected chi connectivity index (χ3v) is 19.9. The summed E-state index contributed by atoms with van der Waals surface area (Å²) in [7, 11) is -6.79. The number of aryl methyl sites for hydroxylation is 2. The molecule has 0 saturated carbocycles. The fourth-order valence-electron chi connectivity index (χ4n) is 10.3. The molecule has 526 valence electrons. The highest BCUT2D eigenvalue weighted by Crippen LogP contribution is 2.54. The summed E-state index contributed by atoms with van der Waals surface area (Å²) in [6.07, 6.45) is -5.02. The summed E-state index contributed by atoms with van der Waals surface area (Å²) in [6, 6.07) is 26.8. The van der Waals surface area contributed by atoms with Crippen molar-refractivity contribution in [2.24, 2.45) is 0 Å². The van der Waals surface area contributed by atoms with Gasteiger partial charge in [-0.05, 0) is 96.1 Å². The zero-order chi connectivity index (χ0) is 71.5. The predicted molar refractivity (Wildman–Crippen MR) is 351 cm³/mol. The third kappa shape index (κ3) is 18.2.